The van der Waals surface area contributed by atoms with Crippen molar-refractivity contribution in [1.82, 2.24) is 10.6 Å². The van der Waals surface area contributed by atoms with E-state index in [1.54, 1.807) is 7.11 Å². The Morgan fingerprint density at radius 3 is 2.61 bits per heavy atom. The van der Waals surface area contributed by atoms with Crippen LogP contribution in [0.15, 0.2) is 48.5 Å². The van der Waals surface area contributed by atoms with Crippen molar-refractivity contribution >= 4 is 0 Å². The van der Waals surface area contributed by atoms with E-state index in [9.17, 15) is 0 Å². The average Bonchev–Trinajstić information content (AvgIpc) is 3.27. The lowest BCUT2D eigenvalue weighted by atomic mass is 9.92. The van der Waals surface area contributed by atoms with Gasteiger partial charge in [-0.3, -0.25) is 0 Å². The van der Waals surface area contributed by atoms with Gasteiger partial charge in [0, 0.05) is 24.2 Å². The number of rotatable bonds is 7. The number of nitrogens with one attached hydrogen (secondary N) is 2. The molecule has 0 aromatic heterocycles. The SMILES string of the molecule is COc1ccc(OC2CCCC2)c(CNC2CCCNC2c2ccccc2)c1. The standard InChI is InChI=1S/C24H32N2O2/c1-27-21-13-14-23(28-20-10-5-6-11-20)19(16-21)17-26-22-12-7-15-25-24(22)18-8-3-2-4-9-18/h2-4,8-9,13-14,16,20,22,24-26H,5-7,10-12,15,17H2,1H3. The van der Waals surface area contributed by atoms with Gasteiger partial charge in [-0.05, 0) is 68.8 Å². The number of ether oxygens (including phenoxy) is 2. The Morgan fingerprint density at radius 1 is 1.00 bits per heavy atom. The second kappa shape index (κ2) is 9.44. The Balaban J connectivity index is 1.47. The molecule has 28 heavy (non-hydrogen) atoms. The van der Waals surface area contributed by atoms with Crippen LogP contribution in [0.5, 0.6) is 11.5 Å². The molecule has 1 saturated heterocycles. The molecule has 1 heterocycles. The van der Waals surface area contributed by atoms with Gasteiger partial charge >= 0.3 is 0 Å². The zero-order valence-corrected chi connectivity index (χ0v) is 16.8. The van der Waals surface area contributed by atoms with Crippen LogP contribution < -0.4 is 20.1 Å². The maximum absolute atomic E-state index is 6.35. The van der Waals surface area contributed by atoms with E-state index in [-0.39, 0.29) is 0 Å². The maximum atomic E-state index is 6.35. The minimum atomic E-state index is 0.347. The molecule has 2 unspecified atom stereocenters. The summed E-state index contributed by atoms with van der Waals surface area (Å²) in [4.78, 5) is 0. The van der Waals surface area contributed by atoms with Gasteiger partial charge in [-0.2, -0.15) is 0 Å². The summed E-state index contributed by atoms with van der Waals surface area (Å²) in [6.45, 7) is 1.86. The lowest BCUT2D eigenvalue weighted by Crippen LogP contribution is -2.45. The van der Waals surface area contributed by atoms with Gasteiger partial charge in [-0.1, -0.05) is 30.3 Å². The van der Waals surface area contributed by atoms with Crippen LogP contribution in [0.25, 0.3) is 0 Å². The van der Waals surface area contributed by atoms with Crippen LogP contribution in [0.3, 0.4) is 0 Å². The zero-order valence-electron chi connectivity index (χ0n) is 16.8. The molecule has 150 valence electrons. The zero-order chi connectivity index (χ0) is 19.2. The van der Waals surface area contributed by atoms with E-state index < -0.39 is 0 Å². The number of hydrogen-bond donors (Lipinski definition) is 2. The van der Waals surface area contributed by atoms with Crippen LogP contribution in [-0.4, -0.2) is 25.8 Å². The van der Waals surface area contributed by atoms with Gasteiger partial charge in [0.15, 0.2) is 0 Å². The second-order valence-electron chi connectivity index (χ2n) is 7.97. The molecule has 2 aliphatic rings. The first-order valence-corrected chi connectivity index (χ1v) is 10.7. The van der Waals surface area contributed by atoms with Gasteiger partial charge in [0.1, 0.15) is 11.5 Å². The first-order valence-electron chi connectivity index (χ1n) is 10.7. The summed E-state index contributed by atoms with van der Waals surface area (Å²) in [6.07, 6.45) is 7.63. The average molecular weight is 381 g/mol. The molecular formula is C24H32N2O2. The molecule has 1 saturated carbocycles. The Morgan fingerprint density at radius 2 is 1.82 bits per heavy atom. The van der Waals surface area contributed by atoms with E-state index in [4.69, 9.17) is 9.47 Å². The third-order valence-electron chi connectivity index (χ3n) is 6.04. The van der Waals surface area contributed by atoms with E-state index in [0.717, 1.165) is 24.6 Å². The minimum absolute atomic E-state index is 0.347. The smallest absolute Gasteiger partial charge is 0.124 e. The molecule has 1 aliphatic carbocycles. The van der Waals surface area contributed by atoms with Crippen molar-refractivity contribution in [1.29, 1.82) is 0 Å². The Hall–Kier alpha value is -2.04. The van der Waals surface area contributed by atoms with Crippen molar-refractivity contribution in [2.75, 3.05) is 13.7 Å². The lowest BCUT2D eigenvalue weighted by molar-refractivity contribution is 0.206. The summed E-state index contributed by atoms with van der Waals surface area (Å²) in [7, 11) is 1.72. The fourth-order valence-corrected chi connectivity index (χ4v) is 4.48. The molecule has 1 aliphatic heterocycles. The Bertz CT molecular complexity index is 744. The molecule has 4 heteroatoms. The summed E-state index contributed by atoms with van der Waals surface area (Å²) >= 11 is 0. The summed E-state index contributed by atoms with van der Waals surface area (Å²) in [5, 5.41) is 7.50. The van der Waals surface area contributed by atoms with E-state index in [0.29, 0.717) is 18.2 Å². The van der Waals surface area contributed by atoms with Crippen LogP contribution in [0, 0.1) is 0 Å². The predicted octanol–water partition coefficient (Wildman–Crippen LogP) is 4.60. The van der Waals surface area contributed by atoms with Crippen LogP contribution in [-0.2, 0) is 6.54 Å². The first-order chi connectivity index (χ1) is 13.8. The highest BCUT2D eigenvalue weighted by Gasteiger charge is 2.26. The molecule has 2 aromatic rings. The van der Waals surface area contributed by atoms with E-state index in [1.807, 2.05) is 6.07 Å². The van der Waals surface area contributed by atoms with Crippen molar-refractivity contribution in [3.05, 3.63) is 59.7 Å². The van der Waals surface area contributed by atoms with E-state index >= 15 is 0 Å². The lowest BCUT2D eigenvalue weighted by Gasteiger charge is -2.34. The number of benzene rings is 2. The quantitative estimate of drug-likeness (QED) is 0.737. The topological polar surface area (TPSA) is 42.5 Å². The normalized spacial score (nSPS) is 22.9. The summed E-state index contributed by atoms with van der Waals surface area (Å²) in [5.74, 6) is 1.89. The highest BCUT2D eigenvalue weighted by Crippen LogP contribution is 2.30. The molecule has 2 fully saturated rings. The van der Waals surface area contributed by atoms with Crippen LogP contribution in [0.2, 0.25) is 0 Å². The minimum Gasteiger partial charge on any atom is -0.497 e. The van der Waals surface area contributed by atoms with Crippen molar-refractivity contribution in [3.63, 3.8) is 0 Å². The first kappa shape index (κ1) is 19.3. The van der Waals surface area contributed by atoms with E-state index in [2.05, 4.69) is 53.1 Å². The monoisotopic (exact) mass is 380 g/mol. The molecule has 0 radical (unpaired) electrons. The molecule has 0 bridgehead atoms. The summed E-state index contributed by atoms with van der Waals surface area (Å²) in [6, 6.07) is 17.7. The van der Waals surface area contributed by atoms with Gasteiger partial charge in [-0.25, -0.2) is 0 Å². The highest BCUT2D eigenvalue weighted by atomic mass is 16.5. The van der Waals surface area contributed by atoms with Crippen LogP contribution in [0.4, 0.5) is 0 Å². The molecular weight excluding hydrogens is 348 g/mol. The van der Waals surface area contributed by atoms with E-state index in [1.165, 1.54) is 49.7 Å². The molecule has 4 nitrogen and oxygen atoms in total. The molecule has 0 amide bonds. The molecule has 4 rings (SSSR count). The Kier molecular flexibility index (Phi) is 6.50. The van der Waals surface area contributed by atoms with Crippen LogP contribution >= 0.6 is 0 Å². The van der Waals surface area contributed by atoms with Crippen molar-refractivity contribution in [2.24, 2.45) is 0 Å². The van der Waals surface area contributed by atoms with Gasteiger partial charge in [0.05, 0.1) is 13.2 Å². The van der Waals surface area contributed by atoms with Gasteiger partial charge in [0.25, 0.3) is 0 Å². The van der Waals surface area contributed by atoms with Gasteiger partial charge in [-0.15, -0.1) is 0 Å². The number of methoxy groups -OCH3 is 1. The number of piperidine rings is 1. The molecule has 2 aromatic carbocycles. The number of hydrogen-bond acceptors (Lipinski definition) is 4. The van der Waals surface area contributed by atoms with Crippen molar-refractivity contribution in [2.45, 2.75) is 63.3 Å². The third kappa shape index (κ3) is 4.68. The Labute approximate surface area is 168 Å². The van der Waals surface area contributed by atoms with Gasteiger partial charge < -0.3 is 20.1 Å². The largest absolute Gasteiger partial charge is 0.497 e. The molecule has 2 N–H and O–H groups in total. The molecule has 2 atom stereocenters. The second-order valence-corrected chi connectivity index (χ2v) is 7.97. The predicted molar refractivity (Wildman–Crippen MR) is 113 cm³/mol. The fourth-order valence-electron chi connectivity index (χ4n) is 4.48. The van der Waals surface area contributed by atoms with Crippen molar-refractivity contribution in [3.8, 4) is 11.5 Å². The fraction of sp³-hybridized carbons (Fsp3) is 0.500. The van der Waals surface area contributed by atoms with Crippen molar-refractivity contribution < 1.29 is 9.47 Å². The summed E-state index contributed by atoms with van der Waals surface area (Å²) in [5.41, 5.74) is 2.54. The van der Waals surface area contributed by atoms with Crippen LogP contribution in [0.1, 0.15) is 55.7 Å². The van der Waals surface area contributed by atoms with Gasteiger partial charge in [0.2, 0.25) is 0 Å². The highest BCUT2D eigenvalue weighted by molar-refractivity contribution is 5.40. The molecule has 0 spiro atoms. The third-order valence-corrected chi connectivity index (χ3v) is 6.04. The summed E-state index contributed by atoms with van der Waals surface area (Å²) < 4.78 is 11.8. The maximum Gasteiger partial charge on any atom is 0.124 e.